The van der Waals surface area contributed by atoms with Crippen molar-refractivity contribution >= 4 is 17.7 Å². The molecule has 2 rings (SSSR count). The first kappa shape index (κ1) is 13.3. The molecule has 1 aliphatic carbocycles. The summed E-state index contributed by atoms with van der Waals surface area (Å²) in [6.45, 7) is 3.93. The number of thioether (sulfide) groups is 1. The molecule has 0 amide bonds. The fourth-order valence-electron chi connectivity index (χ4n) is 2.09. The molecule has 98 valence electrons. The lowest BCUT2D eigenvalue weighted by Crippen LogP contribution is -2.09. The van der Waals surface area contributed by atoms with Gasteiger partial charge in [0.15, 0.2) is 5.69 Å². The van der Waals surface area contributed by atoms with Gasteiger partial charge < -0.3 is 5.11 Å². The number of carboxylic acids is 1. The van der Waals surface area contributed by atoms with Gasteiger partial charge >= 0.3 is 5.97 Å². The Morgan fingerprint density at radius 2 is 2.11 bits per heavy atom. The van der Waals surface area contributed by atoms with Gasteiger partial charge in [0.05, 0.1) is 4.90 Å². The number of rotatable bonds is 4. The van der Waals surface area contributed by atoms with Gasteiger partial charge in [-0.05, 0) is 12.8 Å². The fourth-order valence-corrected chi connectivity index (χ4v) is 3.37. The molecule has 1 saturated carbocycles. The van der Waals surface area contributed by atoms with Crippen LogP contribution in [0.2, 0.25) is 0 Å². The van der Waals surface area contributed by atoms with Gasteiger partial charge in [0.25, 0.3) is 0 Å². The van der Waals surface area contributed by atoms with Gasteiger partial charge in [-0.2, -0.15) is 0 Å². The minimum absolute atomic E-state index is 0.147. The van der Waals surface area contributed by atoms with Gasteiger partial charge in [-0.15, -0.1) is 11.8 Å². The highest BCUT2D eigenvalue weighted by molar-refractivity contribution is 8.00. The van der Waals surface area contributed by atoms with Crippen molar-refractivity contribution in [1.82, 2.24) is 9.97 Å². The van der Waals surface area contributed by atoms with Crippen LogP contribution >= 0.6 is 11.8 Å². The Morgan fingerprint density at radius 3 is 2.67 bits per heavy atom. The van der Waals surface area contributed by atoms with E-state index in [1.807, 2.05) is 13.8 Å². The van der Waals surface area contributed by atoms with E-state index < -0.39 is 5.97 Å². The average Bonchev–Trinajstić information content (AvgIpc) is 2.81. The number of hydrogen-bond donors (Lipinski definition) is 1. The third-order valence-electron chi connectivity index (χ3n) is 3.09. The summed E-state index contributed by atoms with van der Waals surface area (Å²) in [5, 5.41) is 9.77. The molecule has 5 heteroatoms. The number of aromatic carboxylic acids is 1. The van der Waals surface area contributed by atoms with Crippen molar-refractivity contribution in [2.24, 2.45) is 0 Å². The van der Waals surface area contributed by atoms with Crippen molar-refractivity contribution in [3.05, 3.63) is 17.7 Å². The molecule has 0 radical (unpaired) electrons. The molecule has 0 saturated heterocycles. The molecule has 0 bridgehead atoms. The highest BCUT2D eigenvalue weighted by Crippen LogP contribution is 2.35. The highest BCUT2D eigenvalue weighted by atomic mass is 32.2. The third kappa shape index (κ3) is 3.02. The van der Waals surface area contributed by atoms with E-state index in [4.69, 9.17) is 0 Å². The summed E-state index contributed by atoms with van der Waals surface area (Å²) in [6, 6.07) is 0. The summed E-state index contributed by atoms with van der Waals surface area (Å²) in [5.41, 5.74) is 0.158. The summed E-state index contributed by atoms with van der Waals surface area (Å²) in [5.74, 6) is -0.211. The molecule has 1 N–H and O–H groups in total. The van der Waals surface area contributed by atoms with Crippen LogP contribution in [-0.4, -0.2) is 26.3 Å². The Hall–Kier alpha value is -1.10. The van der Waals surface area contributed by atoms with Crippen molar-refractivity contribution in [3.63, 3.8) is 0 Å². The van der Waals surface area contributed by atoms with Crippen molar-refractivity contribution in [2.45, 2.75) is 55.6 Å². The number of carbonyl (C=O) groups is 1. The van der Waals surface area contributed by atoms with Crippen LogP contribution in [-0.2, 0) is 0 Å². The summed E-state index contributed by atoms with van der Waals surface area (Å²) >= 11 is 1.62. The van der Waals surface area contributed by atoms with Crippen LogP contribution in [0.3, 0.4) is 0 Å². The first-order valence-corrected chi connectivity index (χ1v) is 7.22. The molecular weight excluding hydrogens is 248 g/mol. The zero-order valence-electron chi connectivity index (χ0n) is 10.7. The topological polar surface area (TPSA) is 63.1 Å². The molecule has 1 aromatic rings. The lowest BCUT2D eigenvalue weighted by molar-refractivity contribution is 0.0685. The smallest absolute Gasteiger partial charge is 0.355 e. The average molecular weight is 266 g/mol. The first-order valence-electron chi connectivity index (χ1n) is 6.35. The van der Waals surface area contributed by atoms with Crippen LogP contribution in [0.5, 0.6) is 0 Å². The summed E-state index contributed by atoms with van der Waals surface area (Å²) in [4.78, 5) is 20.4. The number of carboxylic acid groups (broad SMARTS) is 1. The number of hydrogen-bond acceptors (Lipinski definition) is 4. The Kier molecular flexibility index (Phi) is 4.22. The molecule has 0 aliphatic heterocycles. The minimum Gasteiger partial charge on any atom is -0.476 e. The largest absolute Gasteiger partial charge is 0.476 e. The van der Waals surface area contributed by atoms with Crippen LogP contribution < -0.4 is 0 Å². The predicted octanol–water partition coefficient (Wildman–Crippen LogP) is 3.33. The van der Waals surface area contributed by atoms with Crippen molar-refractivity contribution in [2.75, 3.05) is 0 Å². The molecule has 1 aliphatic rings. The molecule has 0 spiro atoms. The number of nitrogens with zero attached hydrogens (tertiary/aromatic N) is 2. The first-order chi connectivity index (χ1) is 8.58. The normalized spacial score (nSPS) is 16.4. The van der Waals surface area contributed by atoms with Crippen LogP contribution in [0.1, 0.15) is 61.8 Å². The molecule has 0 aromatic carbocycles. The second kappa shape index (κ2) is 5.69. The molecule has 1 aromatic heterocycles. The number of aromatic nitrogens is 2. The van der Waals surface area contributed by atoms with E-state index in [-0.39, 0.29) is 11.6 Å². The predicted molar refractivity (Wildman–Crippen MR) is 71.2 cm³/mol. The minimum atomic E-state index is -0.959. The Labute approximate surface area is 111 Å². The lowest BCUT2D eigenvalue weighted by atomic mass is 10.2. The van der Waals surface area contributed by atoms with E-state index in [0.29, 0.717) is 16.0 Å². The third-order valence-corrected chi connectivity index (χ3v) is 4.45. The van der Waals surface area contributed by atoms with Gasteiger partial charge in [0.2, 0.25) is 0 Å². The maximum absolute atomic E-state index is 11.3. The zero-order valence-corrected chi connectivity index (χ0v) is 11.5. The second-order valence-corrected chi connectivity index (χ2v) is 6.27. The molecule has 0 atom stereocenters. The highest BCUT2D eigenvalue weighted by Gasteiger charge is 2.21. The molecular formula is C13H18N2O2S. The second-order valence-electron chi connectivity index (χ2n) is 4.93. The molecule has 4 nitrogen and oxygen atoms in total. The van der Waals surface area contributed by atoms with Gasteiger partial charge in [0.1, 0.15) is 5.82 Å². The van der Waals surface area contributed by atoms with Crippen molar-refractivity contribution in [3.8, 4) is 0 Å². The summed E-state index contributed by atoms with van der Waals surface area (Å²) in [6.07, 6.45) is 6.48. The van der Waals surface area contributed by atoms with E-state index in [2.05, 4.69) is 9.97 Å². The van der Waals surface area contributed by atoms with Crippen molar-refractivity contribution in [1.29, 1.82) is 0 Å². The fraction of sp³-hybridized carbons (Fsp3) is 0.615. The van der Waals surface area contributed by atoms with Crippen molar-refractivity contribution < 1.29 is 9.90 Å². The summed E-state index contributed by atoms with van der Waals surface area (Å²) in [7, 11) is 0. The maximum atomic E-state index is 11.3. The van der Waals surface area contributed by atoms with Crippen LogP contribution in [0.25, 0.3) is 0 Å². The molecule has 0 unspecified atom stereocenters. The monoisotopic (exact) mass is 266 g/mol. The Bertz CT molecular complexity index is 443. The van der Waals surface area contributed by atoms with Gasteiger partial charge in [-0.25, -0.2) is 14.8 Å². The van der Waals surface area contributed by atoms with Crippen LogP contribution in [0, 0.1) is 0 Å². The van der Waals surface area contributed by atoms with Crippen LogP contribution in [0.15, 0.2) is 11.1 Å². The Balaban J connectivity index is 2.25. The summed E-state index contributed by atoms with van der Waals surface area (Å²) < 4.78 is 0. The SMILES string of the molecule is CC(C)c1ncc(SC2CCCC2)c(C(=O)O)n1. The van der Waals surface area contributed by atoms with E-state index in [0.717, 1.165) is 12.8 Å². The molecule has 18 heavy (non-hydrogen) atoms. The lowest BCUT2D eigenvalue weighted by Gasteiger charge is -2.12. The molecule has 1 heterocycles. The van der Waals surface area contributed by atoms with E-state index in [1.54, 1.807) is 18.0 Å². The Morgan fingerprint density at radius 1 is 1.44 bits per heavy atom. The van der Waals surface area contributed by atoms with E-state index in [1.165, 1.54) is 12.8 Å². The quantitative estimate of drug-likeness (QED) is 0.905. The van der Waals surface area contributed by atoms with Gasteiger partial charge in [-0.3, -0.25) is 0 Å². The van der Waals surface area contributed by atoms with E-state index in [9.17, 15) is 9.90 Å². The standard InChI is InChI=1S/C13H18N2O2S/c1-8(2)12-14-7-10(11(15-12)13(16)17)18-9-5-3-4-6-9/h7-9H,3-6H2,1-2H3,(H,16,17). The molecule has 1 fully saturated rings. The van der Waals surface area contributed by atoms with Gasteiger partial charge in [0, 0.05) is 17.4 Å². The van der Waals surface area contributed by atoms with E-state index >= 15 is 0 Å². The van der Waals surface area contributed by atoms with Crippen LogP contribution in [0.4, 0.5) is 0 Å². The van der Waals surface area contributed by atoms with Gasteiger partial charge in [-0.1, -0.05) is 26.7 Å². The zero-order chi connectivity index (χ0) is 13.1. The maximum Gasteiger partial charge on any atom is 0.355 e.